The zero-order chi connectivity index (χ0) is 18.7. The molecule has 3 rings (SSSR count). The molecule has 0 fully saturated rings. The standard InChI is InChI=1S/C20H19N3O3/c1-3-12-23-20(26)17-7-5-4-6-16(17)18(22-23)19(25)21-15-10-8-14(9-11-15)13(2)24/h4-11H,3,12H2,1-2H3,(H,21,25). The van der Waals surface area contributed by atoms with E-state index in [0.717, 1.165) is 6.42 Å². The Morgan fingerprint density at radius 1 is 1.04 bits per heavy atom. The second kappa shape index (κ2) is 7.31. The van der Waals surface area contributed by atoms with Crippen LogP contribution in [0.1, 0.15) is 41.1 Å². The molecule has 0 aliphatic heterocycles. The second-order valence-corrected chi connectivity index (χ2v) is 6.01. The van der Waals surface area contributed by atoms with E-state index in [1.54, 1.807) is 48.5 Å². The van der Waals surface area contributed by atoms with Crippen LogP contribution in [0.5, 0.6) is 0 Å². The fourth-order valence-corrected chi connectivity index (χ4v) is 2.74. The molecule has 1 N–H and O–H groups in total. The van der Waals surface area contributed by atoms with Crippen LogP contribution in [0.25, 0.3) is 10.8 Å². The minimum Gasteiger partial charge on any atom is -0.321 e. The molecule has 0 radical (unpaired) electrons. The van der Waals surface area contributed by atoms with Crippen LogP contribution in [0.2, 0.25) is 0 Å². The molecule has 0 atom stereocenters. The van der Waals surface area contributed by atoms with Gasteiger partial charge in [-0.2, -0.15) is 5.10 Å². The minimum absolute atomic E-state index is 0.0396. The third-order valence-electron chi connectivity index (χ3n) is 4.07. The van der Waals surface area contributed by atoms with Gasteiger partial charge in [0.15, 0.2) is 11.5 Å². The Kier molecular flexibility index (Phi) is 4.93. The predicted molar refractivity (Wildman–Crippen MR) is 101 cm³/mol. The van der Waals surface area contributed by atoms with Crippen molar-refractivity contribution < 1.29 is 9.59 Å². The quantitative estimate of drug-likeness (QED) is 0.717. The van der Waals surface area contributed by atoms with E-state index in [2.05, 4.69) is 10.4 Å². The van der Waals surface area contributed by atoms with Crippen LogP contribution in [0, 0.1) is 0 Å². The van der Waals surface area contributed by atoms with Gasteiger partial charge in [0.1, 0.15) is 0 Å². The summed E-state index contributed by atoms with van der Waals surface area (Å²) in [6, 6.07) is 13.6. The molecular weight excluding hydrogens is 330 g/mol. The molecule has 26 heavy (non-hydrogen) atoms. The molecule has 0 bridgehead atoms. The molecule has 6 heteroatoms. The van der Waals surface area contributed by atoms with E-state index in [4.69, 9.17) is 0 Å². The Morgan fingerprint density at radius 2 is 1.69 bits per heavy atom. The van der Waals surface area contributed by atoms with Crippen molar-refractivity contribution in [3.05, 3.63) is 70.1 Å². The molecule has 0 saturated heterocycles. The Balaban J connectivity index is 2.00. The van der Waals surface area contributed by atoms with E-state index in [0.29, 0.717) is 28.6 Å². The summed E-state index contributed by atoms with van der Waals surface area (Å²) in [7, 11) is 0. The summed E-state index contributed by atoms with van der Waals surface area (Å²) in [5.41, 5.74) is 1.12. The third-order valence-corrected chi connectivity index (χ3v) is 4.07. The number of benzene rings is 2. The molecule has 0 aliphatic rings. The van der Waals surface area contributed by atoms with Crippen molar-refractivity contribution in [2.24, 2.45) is 0 Å². The number of anilines is 1. The molecule has 6 nitrogen and oxygen atoms in total. The fourth-order valence-electron chi connectivity index (χ4n) is 2.74. The van der Waals surface area contributed by atoms with Gasteiger partial charge >= 0.3 is 0 Å². The molecular formula is C20H19N3O3. The van der Waals surface area contributed by atoms with Gasteiger partial charge < -0.3 is 5.32 Å². The van der Waals surface area contributed by atoms with Crippen molar-refractivity contribution >= 4 is 28.2 Å². The number of carbonyl (C=O) groups excluding carboxylic acids is 2. The highest BCUT2D eigenvalue weighted by Gasteiger charge is 2.16. The first-order valence-electron chi connectivity index (χ1n) is 8.43. The van der Waals surface area contributed by atoms with E-state index in [1.807, 2.05) is 6.92 Å². The number of carbonyl (C=O) groups is 2. The van der Waals surface area contributed by atoms with E-state index < -0.39 is 5.91 Å². The first-order valence-corrected chi connectivity index (χ1v) is 8.43. The monoisotopic (exact) mass is 349 g/mol. The van der Waals surface area contributed by atoms with Crippen molar-refractivity contribution in [3.8, 4) is 0 Å². The largest absolute Gasteiger partial charge is 0.321 e. The molecule has 0 saturated carbocycles. The van der Waals surface area contributed by atoms with Crippen LogP contribution in [-0.2, 0) is 6.54 Å². The number of amides is 1. The van der Waals surface area contributed by atoms with Crippen LogP contribution < -0.4 is 10.9 Å². The summed E-state index contributed by atoms with van der Waals surface area (Å²) < 4.78 is 1.33. The van der Waals surface area contributed by atoms with Crippen molar-refractivity contribution in [2.45, 2.75) is 26.8 Å². The Morgan fingerprint density at radius 3 is 2.31 bits per heavy atom. The molecule has 0 spiro atoms. The van der Waals surface area contributed by atoms with Crippen LogP contribution >= 0.6 is 0 Å². The van der Waals surface area contributed by atoms with E-state index in [-0.39, 0.29) is 17.0 Å². The number of hydrogen-bond donors (Lipinski definition) is 1. The zero-order valence-electron chi connectivity index (χ0n) is 14.7. The van der Waals surface area contributed by atoms with Gasteiger partial charge in [-0.15, -0.1) is 0 Å². The number of nitrogens with zero attached hydrogens (tertiary/aromatic N) is 2. The lowest BCUT2D eigenvalue weighted by atomic mass is 10.1. The van der Waals surface area contributed by atoms with Crippen LogP contribution in [0.3, 0.4) is 0 Å². The van der Waals surface area contributed by atoms with Crippen molar-refractivity contribution in [1.82, 2.24) is 9.78 Å². The number of rotatable bonds is 5. The van der Waals surface area contributed by atoms with E-state index in [9.17, 15) is 14.4 Å². The number of nitrogens with one attached hydrogen (secondary N) is 1. The summed E-state index contributed by atoms with van der Waals surface area (Å²) >= 11 is 0. The number of aromatic nitrogens is 2. The first-order chi connectivity index (χ1) is 12.5. The van der Waals surface area contributed by atoms with Gasteiger partial charge in [-0.1, -0.05) is 25.1 Å². The highest BCUT2D eigenvalue weighted by atomic mass is 16.2. The summed E-state index contributed by atoms with van der Waals surface area (Å²) in [5.74, 6) is -0.441. The lowest BCUT2D eigenvalue weighted by molar-refractivity contribution is 0.101. The maximum atomic E-state index is 12.8. The van der Waals surface area contributed by atoms with Gasteiger partial charge in [0.2, 0.25) is 0 Å². The Labute approximate surface area is 150 Å². The molecule has 1 heterocycles. The van der Waals surface area contributed by atoms with Crippen LogP contribution in [-0.4, -0.2) is 21.5 Å². The molecule has 132 valence electrons. The highest BCUT2D eigenvalue weighted by Crippen LogP contribution is 2.16. The summed E-state index contributed by atoms with van der Waals surface area (Å²) in [5, 5.41) is 8.03. The zero-order valence-corrected chi connectivity index (χ0v) is 14.7. The highest BCUT2D eigenvalue weighted by molar-refractivity contribution is 6.11. The summed E-state index contributed by atoms with van der Waals surface area (Å²) in [6.07, 6.45) is 0.735. The average molecular weight is 349 g/mol. The fraction of sp³-hybridized carbons (Fsp3) is 0.200. The van der Waals surface area contributed by atoms with Gasteiger partial charge in [-0.05, 0) is 43.7 Å². The van der Waals surface area contributed by atoms with Gasteiger partial charge in [0.25, 0.3) is 11.5 Å². The molecule has 0 unspecified atom stereocenters. The summed E-state index contributed by atoms with van der Waals surface area (Å²) in [6.45, 7) is 3.87. The van der Waals surface area contributed by atoms with Crippen LogP contribution in [0.4, 0.5) is 5.69 Å². The van der Waals surface area contributed by atoms with E-state index >= 15 is 0 Å². The maximum Gasteiger partial charge on any atom is 0.276 e. The van der Waals surface area contributed by atoms with Gasteiger partial charge in [0, 0.05) is 23.2 Å². The minimum atomic E-state index is -0.401. The number of aryl methyl sites for hydroxylation is 1. The number of hydrogen-bond acceptors (Lipinski definition) is 4. The summed E-state index contributed by atoms with van der Waals surface area (Å²) in [4.78, 5) is 36.6. The molecule has 1 amide bonds. The Hall–Kier alpha value is -3.28. The second-order valence-electron chi connectivity index (χ2n) is 6.01. The topological polar surface area (TPSA) is 81.1 Å². The van der Waals surface area contributed by atoms with Gasteiger partial charge in [-0.3, -0.25) is 14.4 Å². The number of fused-ring (bicyclic) bond motifs is 1. The van der Waals surface area contributed by atoms with Gasteiger partial charge in [-0.25, -0.2) is 4.68 Å². The van der Waals surface area contributed by atoms with Crippen molar-refractivity contribution in [3.63, 3.8) is 0 Å². The SMILES string of the molecule is CCCn1nc(C(=O)Nc2ccc(C(C)=O)cc2)c2ccccc2c1=O. The van der Waals surface area contributed by atoms with Crippen LogP contribution in [0.15, 0.2) is 53.3 Å². The predicted octanol–water partition coefficient (Wildman–Crippen LogP) is 3.26. The van der Waals surface area contributed by atoms with Crippen molar-refractivity contribution in [2.75, 3.05) is 5.32 Å². The molecule has 3 aromatic rings. The number of ketones is 1. The smallest absolute Gasteiger partial charge is 0.276 e. The third kappa shape index (κ3) is 3.39. The molecule has 2 aromatic carbocycles. The molecule has 1 aromatic heterocycles. The molecule has 0 aliphatic carbocycles. The average Bonchev–Trinajstić information content (AvgIpc) is 2.64. The lowest BCUT2D eigenvalue weighted by Crippen LogP contribution is -2.27. The van der Waals surface area contributed by atoms with Gasteiger partial charge in [0.05, 0.1) is 5.39 Å². The normalized spacial score (nSPS) is 10.7. The van der Waals surface area contributed by atoms with E-state index in [1.165, 1.54) is 11.6 Å². The lowest BCUT2D eigenvalue weighted by Gasteiger charge is -2.11. The first kappa shape index (κ1) is 17.5. The maximum absolute atomic E-state index is 12.8. The Bertz CT molecular complexity index is 1040. The number of Topliss-reactive ketones (excluding diaryl/α,β-unsaturated/α-hetero) is 1. The van der Waals surface area contributed by atoms with Crippen molar-refractivity contribution in [1.29, 1.82) is 0 Å².